The van der Waals surface area contributed by atoms with Crippen molar-refractivity contribution in [3.05, 3.63) is 47.7 Å². The van der Waals surface area contributed by atoms with Gasteiger partial charge in [-0.2, -0.15) is 0 Å². The van der Waals surface area contributed by atoms with Crippen LogP contribution in [0, 0.1) is 0 Å². The zero-order valence-electron chi connectivity index (χ0n) is 15.2. The lowest BCUT2D eigenvalue weighted by Crippen LogP contribution is -2.51. The summed E-state index contributed by atoms with van der Waals surface area (Å²) >= 11 is 1.34. The number of benzene rings is 1. The summed E-state index contributed by atoms with van der Waals surface area (Å²) in [4.78, 5) is 36.7. The number of nitrogens with zero attached hydrogens (tertiary/aromatic N) is 4. The van der Waals surface area contributed by atoms with Crippen LogP contribution >= 0.6 is 11.3 Å². The average Bonchev–Trinajstić information content (AvgIpc) is 3.18. The smallest absolute Gasteiger partial charge is 0.415 e. The number of aromatic nitrogens is 2. The molecule has 0 unspecified atom stereocenters. The Morgan fingerprint density at radius 3 is 2.57 bits per heavy atom. The van der Waals surface area contributed by atoms with E-state index in [0.29, 0.717) is 48.2 Å². The van der Waals surface area contributed by atoms with Crippen molar-refractivity contribution in [3.63, 3.8) is 0 Å². The number of ether oxygens (including phenoxy) is 2. The molecule has 9 heteroatoms. The zero-order valence-corrected chi connectivity index (χ0v) is 16.0. The molecule has 0 aliphatic carbocycles. The third-order valence-electron chi connectivity index (χ3n) is 4.45. The summed E-state index contributed by atoms with van der Waals surface area (Å²) in [5.74, 6) is 0.911. The van der Waals surface area contributed by atoms with Gasteiger partial charge in [0.2, 0.25) is 0 Å². The number of carbonyl (C=O) groups excluding carboxylic acids is 2. The number of para-hydroxylation sites is 1. The number of pyridine rings is 1. The fraction of sp³-hybridized carbons (Fsp3) is 0.263. The van der Waals surface area contributed by atoms with Gasteiger partial charge in [0.25, 0.3) is 5.91 Å². The van der Waals surface area contributed by atoms with E-state index in [2.05, 4.69) is 9.97 Å². The Kier molecular flexibility index (Phi) is 5.07. The van der Waals surface area contributed by atoms with Gasteiger partial charge in [0.1, 0.15) is 11.3 Å². The lowest BCUT2D eigenvalue weighted by molar-refractivity contribution is 0.0633. The number of hydrogen-bond donors (Lipinski definition) is 0. The summed E-state index contributed by atoms with van der Waals surface area (Å²) in [6.45, 7) is 1.65. The van der Waals surface area contributed by atoms with Gasteiger partial charge in [-0.1, -0.05) is 6.07 Å². The maximum Gasteiger partial charge on any atom is 0.415 e. The second-order valence-electron chi connectivity index (χ2n) is 6.16. The molecule has 0 N–H and O–H groups in total. The topological polar surface area (TPSA) is 84.9 Å². The minimum atomic E-state index is -0.440. The standard InChI is InChI=1S/C19H18N4O4S/c1-26-14-5-2-6-15-16(14)21-17(28-15)18(24)22-8-10-23(11-9-22)19(25)27-13-4-3-7-20-12-13/h2-7,12H,8-11H2,1H3. The molecule has 3 heterocycles. The summed E-state index contributed by atoms with van der Waals surface area (Å²) in [5, 5.41) is 0.422. The van der Waals surface area contributed by atoms with Crippen molar-refractivity contribution in [1.82, 2.24) is 19.8 Å². The van der Waals surface area contributed by atoms with Gasteiger partial charge in [0.15, 0.2) is 10.8 Å². The molecule has 0 saturated carbocycles. The normalized spacial score (nSPS) is 14.2. The zero-order chi connectivity index (χ0) is 19.5. The highest BCUT2D eigenvalue weighted by Gasteiger charge is 2.28. The second-order valence-corrected chi connectivity index (χ2v) is 7.19. The molecular weight excluding hydrogens is 380 g/mol. The predicted molar refractivity (Wildman–Crippen MR) is 104 cm³/mol. The average molecular weight is 398 g/mol. The van der Waals surface area contributed by atoms with Crippen LogP contribution in [0.5, 0.6) is 11.5 Å². The summed E-state index contributed by atoms with van der Waals surface area (Å²) < 4.78 is 11.5. The second kappa shape index (κ2) is 7.81. The number of thiazole rings is 1. The molecular formula is C19H18N4O4S. The van der Waals surface area contributed by atoms with Gasteiger partial charge in [-0.3, -0.25) is 9.78 Å². The fourth-order valence-corrected chi connectivity index (χ4v) is 3.93. The molecule has 0 spiro atoms. The van der Waals surface area contributed by atoms with E-state index in [-0.39, 0.29) is 5.91 Å². The number of fused-ring (bicyclic) bond motifs is 1. The van der Waals surface area contributed by atoms with E-state index in [9.17, 15) is 9.59 Å². The van der Waals surface area contributed by atoms with E-state index in [0.717, 1.165) is 4.70 Å². The first-order chi connectivity index (χ1) is 13.7. The van der Waals surface area contributed by atoms with Gasteiger partial charge >= 0.3 is 6.09 Å². The van der Waals surface area contributed by atoms with E-state index in [1.165, 1.54) is 17.5 Å². The van der Waals surface area contributed by atoms with Crippen LogP contribution in [0.25, 0.3) is 10.2 Å². The Morgan fingerprint density at radius 1 is 1.07 bits per heavy atom. The molecule has 0 bridgehead atoms. The highest BCUT2D eigenvalue weighted by molar-refractivity contribution is 7.20. The molecule has 8 nitrogen and oxygen atoms in total. The molecule has 2 amide bonds. The summed E-state index contributed by atoms with van der Waals surface area (Å²) in [6.07, 6.45) is 2.66. The van der Waals surface area contributed by atoms with Crippen LogP contribution in [0.3, 0.4) is 0 Å². The Labute approximate surface area is 165 Å². The summed E-state index contributed by atoms with van der Waals surface area (Å²) in [5.41, 5.74) is 0.692. The number of piperazine rings is 1. The molecule has 1 aliphatic rings. The van der Waals surface area contributed by atoms with Crippen LogP contribution in [0.2, 0.25) is 0 Å². The molecule has 28 heavy (non-hydrogen) atoms. The molecule has 0 atom stereocenters. The molecule has 1 saturated heterocycles. The molecule has 0 radical (unpaired) electrons. The van der Waals surface area contributed by atoms with Crippen molar-refractivity contribution in [2.45, 2.75) is 0 Å². The number of hydrogen-bond acceptors (Lipinski definition) is 7. The van der Waals surface area contributed by atoms with Crippen molar-refractivity contribution in [2.75, 3.05) is 33.3 Å². The minimum Gasteiger partial charge on any atom is -0.494 e. The van der Waals surface area contributed by atoms with Crippen LogP contribution in [0.15, 0.2) is 42.7 Å². The van der Waals surface area contributed by atoms with Gasteiger partial charge in [0, 0.05) is 32.4 Å². The Balaban J connectivity index is 1.39. The van der Waals surface area contributed by atoms with Gasteiger partial charge in [0.05, 0.1) is 18.0 Å². The number of methoxy groups -OCH3 is 1. The minimum absolute atomic E-state index is 0.136. The van der Waals surface area contributed by atoms with Crippen LogP contribution < -0.4 is 9.47 Å². The van der Waals surface area contributed by atoms with Crippen molar-refractivity contribution in [2.24, 2.45) is 0 Å². The third kappa shape index (κ3) is 3.61. The monoisotopic (exact) mass is 398 g/mol. The van der Waals surface area contributed by atoms with E-state index in [1.54, 1.807) is 35.2 Å². The van der Waals surface area contributed by atoms with E-state index in [4.69, 9.17) is 9.47 Å². The van der Waals surface area contributed by atoms with Crippen LogP contribution in [0.1, 0.15) is 9.80 Å². The largest absolute Gasteiger partial charge is 0.494 e. The quantitative estimate of drug-likeness (QED) is 0.674. The maximum absolute atomic E-state index is 12.8. The molecule has 1 aliphatic heterocycles. The number of amides is 2. The van der Waals surface area contributed by atoms with E-state index >= 15 is 0 Å². The molecule has 3 aromatic rings. The Bertz CT molecular complexity index is 1000. The van der Waals surface area contributed by atoms with Crippen molar-refractivity contribution >= 4 is 33.6 Å². The lowest BCUT2D eigenvalue weighted by Gasteiger charge is -2.33. The molecule has 1 aromatic carbocycles. The molecule has 2 aromatic heterocycles. The lowest BCUT2D eigenvalue weighted by atomic mass is 10.3. The van der Waals surface area contributed by atoms with Crippen molar-refractivity contribution < 1.29 is 19.1 Å². The van der Waals surface area contributed by atoms with Gasteiger partial charge in [-0.05, 0) is 24.3 Å². The van der Waals surface area contributed by atoms with Crippen LogP contribution in [-0.4, -0.2) is 65.1 Å². The summed E-state index contributed by atoms with van der Waals surface area (Å²) in [7, 11) is 1.58. The van der Waals surface area contributed by atoms with Crippen molar-refractivity contribution in [1.29, 1.82) is 0 Å². The fourth-order valence-electron chi connectivity index (χ4n) is 2.98. The maximum atomic E-state index is 12.8. The van der Waals surface area contributed by atoms with Gasteiger partial charge in [-0.15, -0.1) is 11.3 Å². The predicted octanol–water partition coefficient (Wildman–Crippen LogP) is 2.66. The first-order valence-electron chi connectivity index (χ1n) is 8.75. The SMILES string of the molecule is COc1cccc2sc(C(=O)N3CCN(C(=O)Oc4cccnc4)CC3)nc12. The Morgan fingerprint density at radius 2 is 1.86 bits per heavy atom. The first kappa shape index (κ1) is 18.2. The highest BCUT2D eigenvalue weighted by atomic mass is 32.1. The third-order valence-corrected chi connectivity index (χ3v) is 5.46. The summed E-state index contributed by atoms with van der Waals surface area (Å²) in [6, 6.07) is 8.99. The molecule has 4 rings (SSSR count). The van der Waals surface area contributed by atoms with Gasteiger partial charge in [-0.25, -0.2) is 9.78 Å². The number of rotatable bonds is 3. The highest BCUT2D eigenvalue weighted by Crippen LogP contribution is 2.30. The van der Waals surface area contributed by atoms with Crippen LogP contribution in [-0.2, 0) is 0 Å². The molecule has 1 fully saturated rings. The molecule has 144 valence electrons. The van der Waals surface area contributed by atoms with Gasteiger partial charge < -0.3 is 19.3 Å². The number of carbonyl (C=O) groups is 2. The van der Waals surface area contributed by atoms with E-state index in [1.807, 2.05) is 18.2 Å². The van der Waals surface area contributed by atoms with E-state index < -0.39 is 6.09 Å². The van der Waals surface area contributed by atoms with Crippen LogP contribution in [0.4, 0.5) is 4.79 Å². The first-order valence-corrected chi connectivity index (χ1v) is 9.57. The Hall–Kier alpha value is -3.20. The van der Waals surface area contributed by atoms with Crippen molar-refractivity contribution in [3.8, 4) is 11.5 Å².